The maximum absolute atomic E-state index is 13.1. The van der Waals surface area contributed by atoms with E-state index in [1.54, 1.807) is 18.2 Å². The topological polar surface area (TPSA) is 108 Å². The number of fused-ring (bicyclic) bond motifs is 1. The zero-order valence-corrected chi connectivity index (χ0v) is 15.6. The molecule has 0 aliphatic carbocycles. The molecule has 0 spiro atoms. The lowest BCUT2D eigenvalue weighted by molar-refractivity contribution is -0.136. The Morgan fingerprint density at radius 2 is 1.89 bits per heavy atom. The number of aryl methyl sites for hydroxylation is 1. The van der Waals surface area contributed by atoms with Crippen LogP contribution in [0.2, 0.25) is 0 Å². The molecule has 0 fully saturated rings. The van der Waals surface area contributed by atoms with Crippen LogP contribution < -0.4 is 9.47 Å². The number of carbonyl (C=O) groups is 1. The van der Waals surface area contributed by atoms with Crippen molar-refractivity contribution in [3.05, 3.63) is 48.3 Å². The predicted octanol–water partition coefficient (Wildman–Crippen LogP) is 2.31. The summed E-state index contributed by atoms with van der Waals surface area (Å²) in [5.41, 5.74) is 0.942. The lowest BCUT2D eigenvalue weighted by atomic mass is 10.1. The molecule has 2 heterocycles. The van der Waals surface area contributed by atoms with Crippen molar-refractivity contribution in [2.24, 2.45) is 0 Å². The number of hydrogen-bond donors (Lipinski definition) is 1. The van der Waals surface area contributed by atoms with Gasteiger partial charge in [0.15, 0.2) is 0 Å². The summed E-state index contributed by atoms with van der Waals surface area (Å²) in [5, 5.41) is 9.55. The number of nitrogens with zero attached hydrogens (tertiary/aromatic N) is 2. The number of aromatic nitrogens is 2. The molecule has 0 atom stereocenters. The first-order chi connectivity index (χ1) is 12.9. The van der Waals surface area contributed by atoms with E-state index in [0.29, 0.717) is 28.1 Å². The molecule has 0 amide bonds. The van der Waals surface area contributed by atoms with Gasteiger partial charge in [0.05, 0.1) is 30.8 Å². The summed E-state index contributed by atoms with van der Waals surface area (Å²) >= 11 is 0. The fraction of sp³-hybridized carbons (Fsp3) is 0.222. The summed E-state index contributed by atoms with van der Waals surface area (Å²) in [6.45, 7) is 0. The van der Waals surface area contributed by atoms with Gasteiger partial charge in [0.2, 0.25) is 5.88 Å². The number of pyridine rings is 1. The number of ether oxygens (including phenoxy) is 2. The molecule has 3 rings (SSSR count). The largest absolute Gasteiger partial charge is 0.497 e. The van der Waals surface area contributed by atoms with Crippen LogP contribution in [-0.2, 0) is 21.2 Å². The summed E-state index contributed by atoms with van der Waals surface area (Å²) in [5.74, 6) is -0.103. The molecular formula is C18H18N2O6S. The van der Waals surface area contributed by atoms with E-state index in [-0.39, 0.29) is 17.7 Å². The van der Waals surface area contributed by atoms with Gasteiger partial charge in [-0.25, -0.2) is 17.4 Å². The minimum absolute atomic E-state index is 0.0841. The zero-order chi connectivity index (χ0) is 19.6. The minimum Gasteiger partial charge on any atom is -0.497 e. The fourth-order valence-corrected chi connectivity index (χ4v) is 4.13. The van der Waals surface area contributed by atoms with Crippen molar-refractivity contribution in [3.8, 4) is 11.6 Å². The van der Waals surface area contributed by atoms with E-state index in [0.717, 1.165) is 3.97 Å². The second-order valence-corrected chi connectivity index (χ2v) is 7.58. The number of methoxy groups -OCH3 is 2. The van der Waals surface area contributed by atoms with Crippen LogP contribution in [0.25, 0.3) is 10.9 Å². The van der Waals surface area contributed by atoms with E-state index in [9.17, 15) is 13.2 Å². The molecule has 1 aromatic carbocycles. The SMILES string of the molecule is COc1ccc(S(=O)(=O)n2cc(CCC(=O)O)c3cc(OC)ncc32)cc1. The molecule has 2 aromatic heterocycles. The van der Waals surface area contributed by atoms with E-state index in [1.807, 2.05) is 0 Å². The first-order valence-corrected chi connectivity index (χ1v) is 9.46. The number of hydrogen-bond acceptors (Lipinski definition) is 6. The molecular weight excluding hydrogens is 372 g/mol. The van der Waals surface area contributed by atoms with E-state index < -0.39 is 16.0 Å². The van der Waals surface area contributed by atoms with Gasteiger partial charge < -0.3 is 14.6 Å². The molecule has 1 N–H and O–H groups in total. The highest BCUT2D eigenvalue weighted by Crippen LogP contribution is 2.29. The van der Waals surface area contributed by atoms with Crippen LogP contribution in [0.15, 0.2) is 47.6 Å². The standard InChI is InChI=1S/C18H18N2O6S/c1-25-13-4-6-14(7-5-13)27(23,24)20-11-12(3-8-18(21)22)15-9-17(26-2)19-10-16(15)20/h4-7,9-11H,3,8H2,1-2H3,(H,21,22). The minimum atomic E-state index is -3.89. The van der Waals surface area contributed by atoms with E-state index in [2.05, 4.69) is 4.98 Å². The Morgan fingerprint density at radius 3 is 2.48 bits per heavy atom. The fourth-order valence-electron chi connectivity index (χ4n) is 2.76. The molecule has 0 saturated carbocycles. The highest BCUT2D eigenvalue weighted by molar-refractivity contribution is 7.90. The van der Waals surface area contributed by atoms with Crippen molar-refractivity contribution < 1.29 is 27.8 Å². The monoisotopic (exact) mass is 390 g/mol. The Morgan fingerprint density at radius 1 is 1.19 bits per heavy atom. The molecule has 0 saturated heterocycles. The quantitative estimate of drug-likeness (QED) is 0.659. The molecule has 0 aliphatic rings. The Bertz CT molecular complexity index is 1090. The molecule has 0 bridgehead atoms. The average Bonchev–Trinajstić information content (AvgIpc) is 3.05. The molecule has 142 valence electrons. The second kappa shape index (κ2) is 7.28. The Hall–Kier alpha value is -3.07. The number of aliphatic carboxylic acids is 1. The zero-order valence-electron chi connectivity index (χ0n) is 14.7. The maximum atomic E-state index is 13.1. The van der Waals surface area contributed by atoms with Gasteiger partial charge in [0.25, 0.3) is 10.0 Å². The Labute approximate surface area is 156 Å². The van der Waals surface area contributed by atoms with Gasteiger partial charge in [0.1, 0.15) is 5.75 Å². The summed E-state index contributed by atoms with van der Waals surface area (Å²) in [4.78, 5) is 15.1. The third-order valence-corrected chi connectivity index (χ3v) is 5.84. The van der Waals surface area contributed by atoms with Crippen LogP contribution >= 0.6 is 0 Å². The van der Waals surface area contributed by atoms with Gasteiger partial charge in [-0.2, -0.15) is 0 Å². The molecule has 27 heavy (non-hydrogen) atoms. The van der Waals surface area contributed by atoms with Gasteiger partial charge in [-0.15, -0.1) is 0 Å². The van der Waals surface area contributed by atoms with Gasteiger partial charge in [-0.3, -0.25) is 4.79 Å². The number of rotatable bonds is 7. The first-order valence-electron chi connectivity index (χ1n) is 8.02. The summed E-state index contributed by atoms with van der Waals surface area (Å²) in [6, 6.07) is 7.63. The van der Waals surface area contributed by atoms with Crippen LogP contribution in [0.5, 0.6) is 11.6 Å². The van der Waals surface area contributed by atoms with Gasteiger partial charge >= 0.3 is 5.97 Å². The Kier molecular flexibility index (Phi) is 5.04. The highest BCUT2D eigenvalue weighted by Gasteiger charge is 2.22. The number of benzene rings is 1. The van der Waals surface area contributed by atoms with Crippen LogP contribution in [0.4, 0.5) is 0 Å². The highest BCUT2D eigenvalue weighted by atomic mass is 32.2. The molecule has 0 unspecified atom stereocenters. The number of carboxylic acid groups (broad SMARTS) is 1. The average molecular weight is 390 g/mol. The summed E-state index contributed by atoms with van der Waals surface area (Å²) in [7, 11) is -0.944. The smallest absolute Gasteiger partial charge is 0.303 e. The Balaban J connectivity index is 2.15. The lowest BCUT2D eigenvalue weighted by Gasteiger charge is -2.08. The van der Waals surface area contributed by atoms with Crippen LogP contribution in [0.1, 0.15) is 12.0 Å². The molecule has 0 radical (unpaired) electrons. The molecule has 3 aromatic rings. The lowest BCUT2D eigenvalue weighted by Crippen LogP contribution is -2.12. The van der Waals surface area contributed by atoms with Gasteiger partial charge in [0, 0.05) is 24.1 Å². The van der Waals surface area contributed by atoms with Crippen molar-refractivity contribution in [1.29, 1.82) is 0 Å². The van der Waals surface area contributed by atoms with Crippen molar-refractivity contribution >= 4 is 26.9 Å². The van der Waals surface area contributed by atoms with Crippen molar-refractivity contribution in [3.63, 3.8) is 0 Å². The second-order valence-electron chi connectivity index (χ2n) is 5.77. The molecule has 9 heteroatoms. The van der Waals surface area contributed by atoms with Crippen LogP contribution in [0.3, 0.4) is 0 Å². The molecule has 0 aliphatic heterocycles. The summed E-state index contributed by atoms with van der Waals surface area (Å²) < 4.78 is 37.5. The van der Waals surface area contributed by atoms with Crippen molar-refractivity contribution in [2.45, 2.75) is 17.7 Å². The predicted molar refractivity (Wildman–Crippen MR) is 97.8 cm³/mol. The van der Waals surface area contributed by atoms with E-state index in [1.165, 1.54) is 38.7 Å². The van der Waals surface area contributed by atoms with Crippen LogP contribution in [0, 0.1) is 0 Å². The van der Waals surface area contributed by atoms with E-state index in [4.69, 9.17) is 14.6 Å². The van der Waals surface area contributed by atoms with E-state index >= 15 is 0 Å². The normalized spacial score (nSPS) is 11.5. The first kappa shape index (κ1) is 18.7. The van der Waals surface area contributed by atoms with Crippen molar-refractivity contribution in [2.75, 3.05) is 14.2 Å². The third-order valence-electron chi connectivity index (χ3n) is 4.15. The van der Waals surface area contributed by atoms with Gasteiger partial charge in [-0.05, 0) is 36.2 Å². The van der Waals surface area contributed by atoms with Crippen molar-refractivity contribution in [1.82, 2.24) is 8.96 Å². The molecule has 8 nitrogen and oxygen atoms in total. The third kappa shape index (κ3) is 3.59. The summed E-state index contributed by atoms with van der Waals surface area (Å²) in [6.07, 6.45) is 2.91. The van der Waals surface area contributed by atoms with Crippen LogP contribution in [-0.4, -0.2) is 42.7 Å². The number of carboxylic acids is 1. The maximum Gasteiger partial charge on any atom is 0.303 e. The van der Waals surface area contributed by atoms with Gasteiger partial charge in [-0.1, -0.05) is 0 Å².